The fraction of sp³-hybridized carbons (Fsp3) is 0.0952. The summed E-state index contributed by atoms with van der Waals surface area (Å²) in [6.45, 7) is 0.140. The Labute approximate surface area is 194 Å². The zero-order chi connectivity index (χ0) is 17.6. The van der Waals surface area contributed by atoms with Crippen molar-refractivity contribution in [2.75, 3.05) is 0 Å². The first kappa shape index (κ1) is 20.8. The van der Waals surface area contributed by atoms with Crippen molar-refractivity contribution >= 4 is 5.97 Å². The van der Waals surface area contributed by atoms with E-state index in [4.69, 9.17) is 9.84 Å². The molecule has 0 aliphatic carbocycles. The maximum absolute atomic E-state index is 11.0. The second-order valence-corrected chi connectivity index (χ2v) is 5.60. The molecule has 0 amide bonds. The summed E-state index contributed by atoms with van der Waals surface area (Å²) in [6.07, 6.45) is 0.565. The molecule has 4 nitrogen and oxygen atoms in total. The molecule has 1 aliphatic heterocycles. The van der Waals surface area contributed by atoms with Gasteiger partial charge in [0.25, 0.3) is 0 Å². The third-order valence-corrected chi connectivity index (χ3v) is 3.94. The van der Waals surface area contributed by atoms with Crippen molar-refractivity contribution in [1.82, 2.24) is 0 Å². The van der Waals surface area contributed by atoms with Gasteiger partial charge < -0.3 is 19.7 Å². The molecule has 0 atom stereocenters. The first-order chi connectivity index (χ1) is 12.2. The van der Waals surface area contributed by atoms with Gasteiger partial charge in [0.1, 0.15) is 11.5 Å². The Hall–Kier alpha value is -1.47. The molecule has 0 radical (unpaired) electrons. The molecule has 126 valence electrons. The molecule has 0 spiro atoms. The fourth-order valence-corrected chi connectivity index (χ4v) is 2.68. The quantitative estimate of drug-likeness (QED) is 0.500. The van der Waals surface area contributed by atoms with Crippen LogP contribution in [0.15, 0.2) is 72.8 Å². The molecule has 5 heteroatoms. The number of hydrogen-bond acceptors (Lipinski definition) is 4. The molecule has 0 bridgehead atoms. The molecule has 3 aromatic carbocycles. The topological polar surface area (TPSA) is 69.6 Å². The summed E-state index contributed by atoms with van der Waals surface area (Å²) in [7, 11) is 0. The number of carbonyl (C=O) groups is 1. The Bertz CT molecular complexity index is 878. The van der Waals surface area contributed by atoms with Crippen LogP contribution >= 0.6 is 0 Å². The van der Waals surface area contributed by atoms with Crippen LogP contribution in [0.3, 0.4) is 0 Å². The van der Waals surface area contributed by atoms with E-state index in [1.165, 1.54) is 0 Å². The summed E-state index contributed by atoms with van der Waals surface area (Å²) >= 11 is 0. The Morgan fingerprint density at radius 2 is 1.58 bits per heavy atom. The number of carbonyl (C=O) groups excluding carboxylic acids is 1. The van der Waals surface area contributed by atoms with Gasteiger partial charge in [-0.2, -0.15) is 0 Å². The molecule has 0 saturated heterocycles. The number of para-hydroxylation sites is 1. The van der Waals surface area contributed by atoms with Crippen molar-refractivity contribution in [3.63, 3.8) is 0 Å². The number of carboxylic acid groups (broad SMARTS) is 1. The van der Waals surface area contributed by atoms with Gasteiger partial charge in [-0.3, -0.25) is 0 Å². The van der Waals surface area contributed by atoms with Crippen LogP contribution in [0.5, 0.6) is 11.5 Å². The number of aliphatic hydroxyl groups excluding tert-OH is 1. The van der Waals surface area contributed by atoms with Gasteiger partial charge >= 0.3 is 51.4 Å². The summed E-state index contributed by atoms with van der Waals surface area (Å²) in [4.78, 5) is 11.0. The van der Waals surface area contributed by atoms with Gasteiger partial charge in [-0.15, -0.1) is 0 Å². The van der Waals surface area contributed by atoms with Crippen LogP contribution in [0.2, 0.25) is 0 Å². The van der Waals surface area contributed by atoms with E-state index >= 15 is 0 Å². The number of hydrogen-bond donors (Lipinski definition) is 1. The molecule has 1 aliphatic rings. The second kappa shape index (κ2) is 10.0. The van der Waals surface area contributed by atoms with Gasteiger partial charge in [-0.1, -0.05) is 60.7 Å². The number of aliphatic hydroxyl groups is 1. The summed E-state index contributed by atoms with van der Waals surface area (Å²) < 4.78 is 5.68. The summed E-state index contributed by atoms with van der Waals surface area (Å²) in [5.74, 6) is 0.228. The average molecular weight is 372 g/mol. The van der Waals surface area contributed by atoms with Crippen LogP contribution in [-0.2, 0) is 13.0 Å². The average Bonchev–Trinajstić information content (AvgIpc) is 2.67. The monoisotopic (exact) mass is 372 g/mol. The van der Waals surface area contributed by atoms with Gasteiger partial charge in [-0.25, -0.2) is 0 Å². The fourth-order valence-electron chi connectivity index (χ4n) is 2.68. The number of rotatable bonds is 2. The largest absolute Gasteiger partial charge is 1.00 e. The van der Waals surface area contributed by atoms with Crippen LogP contribution in [0.25, 0.3) is 0 Å². The van der Waals surface area contributed by atoms with E-state index in [1.807, 2.05) is 54.6 Å². The van der Waals surface area contributed by atoms with E-state index in [9.17, 15) is 9.90 Å². The first-order valence-electron chi connectivity index (χ1n) is 7.93. The van der Waals surface area contributed by atoms with Gasteiger partial charge in [0, 0.05) is 17.5 Å². The summed E-state index contributed by atoms with van der Waals surface area (Å²) in [5.41, 5.74) is 2.85. The molecule has 1 N–H and O–H groups in total. The van der Waals surface area contributed by atoms with Crippen molar-refractivity contribution in [1.29, 1.82) is 0 Å². The Morgan fingerprint density at radius 1 is 0.923 bits per heavy atom. The van der Waals surface area contributed by atoms with Gasteiger partial charge in [0.05, 0.1) is 12.6 Å². The first-order valence-corrected chi connectivity index (χ1v) is 7.93. The van der Waals surface area contributed by atoms with Gasteiger partial charge in [0.15, 0.2) is 0 Å². The van der Waals surface area contributed by atoms with Crippen LogP contribution in [-0.4, -0.2) is 11.1 Å². The van der Waals surface area contributed by atoms with Crippen molar-refractivity contribution in [3.8, 4) is 11.5 Å². The Balaban J connectivity index is 0.000000230. The predicted molar refractivity (Wildman–Crippen MR) is 92.5 cm³/mol. The second-order valence-electron chi connectivity index (χ2n) is 5.60. The molecule has 0 saturated carbocycles. The molecule has 4 rings (SSSR count). The summed E-state index contributed by atoms with van der Waals surface area (Å²) in [6, 6.07) is 22.1. The minimum Gasteiger partial charge on any atom is -0.545 e. The van der Waals surface area contributed by atoms with E-state index in [-0.39, 0.29) is 63.6 Å². The van der Waals surface area contributed by atoms with Crippen molar-refractivity contribution in [2.24, 2.45) is 0 Å². The molecule has 0 aromatic heterocycles. The van der Waals surface area contributed by atoms with Crippen LogP contribution in [0, 0.1) is 0 Å². The number of carboxylic acids is 1. The minimum atomic E-state index is -1.16. The number of fused-ring (bicyclic) bond motifs is 2. The molecular formula is C21H17KO4. The maximum Gasteiger partial charge on any atom is 1.00 e. The van der Waals surface area contributed by atoms with Crippen LogP contribution in [0.4, 0.5) is 0 Å². The molecule has 0 fully saturated rings. The molecule has 0 unspecified atom stereocenters. The predicted octanol–water partition coefficient (Wildman–Crippen LogP) is -0.0705. The number of ether oxygens (including phenoxy) is 1. The van der Waals surface area contributed by atoms with E-state index in [2.05, 4.69) is 0 Å². The normalized spacial score (nSPS) is 10.8. The summed E-state index contributed by atoms with van der Waals surface area (Å²) in [5, 5.41) is 19.6. The zero-order valence-corrected chi connectivity index (χ0v) is 17.6. The van der Waals surface area contributed by atoms with Crippen molar-refractivity contribution < 1.29 is 71.1 Å². The third-order valence-electron chi connectivity index (χ3n) is 3.94. The number of aromatic carboxylic acids is 1. The minimum absolute atomic E-state index is 0. The van der Waals surface area contributed by atoms with Crippen molar-refractivity contribution in [2.45, 2.75) is 13.0 Å². The zero-order valence-electron chi connectivity index (χ0n) is 14.5. The SMILES string of the molecule is O=C([O-])c1cccc2c1Cc1ccccc1O2.OCc1ccccc1.[K+]. The van der Waals surface area contributed by atoms with Gasteiger partial charge in [-0.05, 0) is 23.3 Å². The Kier molecular flexibility index (Phi) is 8.02. The van der Waals surface area contributed by atoms with E-state index in [0.717, 1.165) is 16.9 Å². The van der Waals surface area contributed by atoms with Crippen molar-refractivity contribution in [3.05, 3.63) is 95.1 Å². The van der Waals surface area contributed by atoms with E-state index in [0.29, 0.717) is 17.7 Å². The van der Waals surface area contributed by atoms with Crippen LogP contribution < -0.4 is 61.2 Å². The smallest absolute Gasteiger partial charge is 0.545 e. The number of benzene rings is 3. The van der Waals surface area contributed by atoms with E-state index in [1.54, 1.807) is 18.2 Å². The standard InChI is InChI=1S/C14H10O3.C7H8O.K/c15-14(16)10-5-3-7-13-11(10)8-9-4-1-2-6-12(9)17-13;8-6-7-4-2-1-3-5-7;/h1-7H,8H2,(H,15,16);1-5,8H,6H2;/q;;+1/p-1. The maximum atomic E-state index is 11.0. The van der Waals surface area contributed by atoms with Crippen LogP contribution in [0.1, 0.15) is 27.0 Å². The Morgan fingerprint density at radius 3 is 2.23 bits per heavy atom. The molecule has 1 heterocycles. The third kappa shape index (κ3) is 5.04. The molecular weight excluding hydrogens is 355 g/mol. The van der Waals surface area contributed by atoms with E-state index < -0.39 is 5.97 Å². The van der Waals surface area contributed by atoms with Gasteiger partial charge in [0.2, 0.25) is 0 Å². The molecule has 3 aromatic rings. The molecule has 26 heavy (non-hydrogen) atoms.